The summed E-state index contributed by atoms with van der Waals surface area (Å²) in [6.07, 6.45) is 3.14. The van der Waals surface area contributed by atoms with Gasteiger partial charge in [-0.25, -0.2) is 4.98 Å². The number of pyridine rings is 1. The van der Waals surface area contributed by atoms with E-state index in [1.165, 1.54) is 0 Å². The van der Waals surface area contributed by atoms with Crippen molar-refractivity contribution in [3.8, 4) is 11.8 Å². The number of rotatable bonds is 4. The Morgan fingerprint density at radius 2 is 2.00 bits per heavy atom. The molecule has 2 aromatic rings. The minimum Gasteiger partial charge on any atom is -0.495 e. The minimum atomic E-state index is -0.0143. The second-order valence-electron chi connectivity index (χ2n) is 6.35. The van der Waals surface area contributed by atoms with Crippen molar-refractivity contribution in [2.75, 3.05) is 37.0 Å². The molecule has 1 aliphatic heterocycles. The molecule has 2 heterocycles. The molecule has 6 heteroatoms. The van der Waals surface area contributed by atoms with Crippen molar-refractivity contribution in [1.29, 1.82) is 5.26 Å². The lowest BCUT2D eigenvalue weighted by atomic mass is 9.95. The summed E-state index contributed by atoms with van der Waals surface area (Å²) in [7, 11) is 3.41. The first-order valence-corrected chi connectivity index (χ1v) is 8.65. The highest BCUT2D eigenvalue weighted by Crippen LogP contribution is 2.30. The standard InChI is InChI=1S/C20H22N4O2/c1-23(17-5-3-4-6-18(17)26-2)20(25)16-9-11-24(12-10-16)19-8-7-15(13-21)14-22-19/h3-8,14,16H,9-12H2,1-2H3. The van der Waals surface area contributed by atoms with Gasteiger partial charge >= 0.3 is 0 Å². The highest BCUT2D eigenvalue weighted by atomic mass is 16.5. The molecule has 1 amide bonds. The first kappa shape index (κ1) is 17.7. The van der Waals surface area contributed by atoms with E-state index in [0.717, 1.165) is 37.4 Å². The monoisotopic (exact) mass is 350 g/mol. The van der Waals surface area contributed by atoms with E-state index in [2.05, 4.69) is 16.0 Å². The second-order valence-corrected chi connectivity index (χ2v) is 6.35. The molecule has 1 aromatic carbocycles. The van der Waals surface area contributed by atoms with Crippen LogP contribution >= 0.6 is 0 Å². The number of hydrogen-bond acceptors (Lipinski definition) is 5. The van der Waals surface area contributed by atoms with Crippen molar-refractivity contribution >= 4 is 17.4 Å². The van der Waals surface area contributed by atoms with E-state index >= 15 is 0 Å². The van der Waals surface area contributed by atoms with Gasteiger partial charge in [0.15, 0.2) is 0 Å². The molecule has 6 nitrogen and oxygen atoms in total. The van der Waals surface area contributed by atoms with Crippen LogP contribution in [0.2, 0.25) is 0 Å². The Balaban J connectivity index is 1.63. The average Bonchev–Trinajstić information content (AvgIpc) is 2.73. The predicted octanol–water partition coefficient (Wildman–Crippen LogP) is 2.84. The summed E-state index contributed by atoms with van der Waals surface area (Å²) in [5.74, 6) is 1.65. The van der Waals surface area contributed by atoms with E-state index in [0.29, 0.717) is 11.3 Å². The summed E-state index contributed by atoms with van der Waals surface area (Å²) in [5, 5.41) is 8.86. The van der Waals surface area contributed by atoms with E-state index in [1.54, 1.807) is 31.3 Å². The molecule has 1 fully saturated rings. The first-order chi connectivity index (χ1) is 12.6. The smallest absolute Gasteiger partial charge is 0.230 e. The summed E-state index contributed by atoms with van der Waals surface area (Å²) in [5.41, 5.74) is 1.34. The zero-order valence-corrected chi connectivity index (χ0v) is 15.1. The van der Waals surface area contributed by atoms with Crippen LogP contribution < -0.4 is 14.5 Å². The van der Waals surface area contributed by atoms with Gasteiger partial charge in [-0.3, -0.25) is 4.79 Å². The molecule has 1 aliphatic rings. The molecule has 0 atom stereocenters. The summed E-state index contributed by atoms with van der Waals surface area (Å²) in [6, 6.07) is 13.3. The van der Waals surface area contributed by atoms with E-state index in [9.17, 15) is 4.79 Å². The number of ether oxygens (including phenoxy) is 1. The first-order valence-electron chi connectivity index (χ1n) is 8.65. The van der Waals surface area contributed by atoms with Gasteiger partial charge in [-0.1, -0.05) is 12.1 Å². The summed E-state index contributed by atoms with van der Waals surface area (Å²) < 4.78 is 5.36. The molecule has 0 N–H and O–H groups in total. The maximum absolute atomic E-state index is 12.9. The second kappa shape index (κ2) is 7.87. The number of nitrogens with zero attached hydrogens (tertiary/aromatic N) is 4. The highest BCUT2D eigenvalue weighted by Gasteiger charge is 2.29. The molecular weight excluding hydrogens is 328 g/mol. The Bertz CT molecular complexity index is 805. The lowest BCUT2D eigenvalue weighted by molar-refractivity contribution is -0.122. The number of piperidine rings is 1. The molecule has 0 saturated carbocycles. The van der Waals surface area contributed by atoms with Crippen molar-refractivity contribution in [2.45, 2.75) is 12.8 Å². The summed E-state index contributed by atoms with van der Waals surface area (Å²) in [6.45, 7) is 1.55. The molecule has 0 unspecified atom stereocenters. The van der Waals surface area contributed by atoms with Crippen LogP contribution in [0.25, 0.3) is 0 Å². The van der Waals surface area contributed by atoms with Gasteiger partial charge < -0.3 is 14.5 Å². The van der Waals surface area contributed by atoms with Gasteiger partial charge in [-0.15, -0.1) is 0 Å². The van der Waals surface area contributed by atoms with Crippen LogP contribution in [0.15, 0.2) is 42.6 Å². The fourth-order valence-electron chi connectivity index (χ4n) is 3.29. The van der Waals surface area contributed by atoms with Gasteiger partial charge in [0.25, 0.3) is 0 Å². The number of aromatic nitrogens is 1. The minimum absolute atomic E-state index is 0.0143. The maximum atomic E-state index is 12.9. The van der Waals surface area contributed by atoms with Crippen molar-refractivity contribution in [1.82, 2.24) is 4.98 Å². The van der Waals surface area contributed by atoms with Crippen LogP contribution in [0.3, 0.4) is 0 Å². The third kappa shape index (κ3) is 3.62. The number of hydrogen-bond donors (Lipinski definition) is 0. The Morgan fingerprint density at radius 1 is 1.27 bits per heavy atom. The number of amides is 1. The molecular formula is C20H22N4O2. The van der Waals surface area contributed by atoms with Crippen LogP contribution in [0.1, 0.15) is 18.4 Å². The molecule has 0 bridgehead atoms. The molecule has 26 heavy (non-hydrogen) atoms. The fraction of sp³-hybridized carbons (Fsp3) is 0.350. The molecule has 0 radical (unpaired) electrons. The molecule has 134 valence electrons. The van der Waals surface area contributed by atoms with Gasteiger partial charge in [0, 0.05) is 32.3 Å². The normalized spacial score (nSPS) is 14.6. The van der Waals surface area contributed by atoms with Crippen molar-refractivity contribution in [2.24, 2.45) is 5.92 Å². The van der Waals surface area contributed by atoms with E-state index < -0.39 is 0 Å². The third-order valence-electron chi connectivity index (χ3n) is 4.82. The van der Waals surface area contributed by atoms with Crippen molar-refractivity contribution in [3.63, 3.8) is 0 Å². The fourth-order valence-corrected chi connectivity index (χ4v) is 3.29. The van der Waals surface area contributed by atoms with E-state index in [-0.39, 0.29) is 11.8 Å². The van der Waals surface area contributed by atoms with Crippen LogP contribution in [0.5, 0.6) is 5.75 Å². The van der Waals surface area contributed by atoms with Crippen molar-refractivity contribution in [3.05, 3.63) is 48.2 Å². The van der Waals surface area contributed by atoms with Crippen LogP contribution in [0.4, 0.5) is 11.5 Å². The Hall–Kier alpha value is -3.07. The molecule has 0 aliphatic carbocycles. The zero-order valence-electron chi connectivity index (χ0n) is 15.1. The maximum Gasteiger partial charge on any atom is 0.230 e. The number of para-hydroxylation sites is 2. The topological polar surface area (TPSA) is 69.5 Å². The predicted molar refractivity (Wildman–Crippen MR) is 100 cm³/mol. The largest absolute Gasteiger partial charge is 0.495 e. The number of carbonyl (C=O) groups is 1. The lowest BCUT2D eigenvalue weighted by Gasteiger charge is -2.34. The molecule has 1 aromatic heterocycles. The van der Waals surface area contributed by atoms with E-state index in [1.807, 2.05) is 30.3 Å². The zero-order chi connectivity index (χ0) is 18.5. The van der Waals surface area contributed by atoms with Crippen LogP contribution in [0, 0.1) is 17.2 Å². The number of methoxy groups -OCH3 is 1. The Labute approximate surface area is 153 Å². The van der Waals surface area contributed by atoms with E-state index in [4.69, 9.17) is 10.00 Å². The van der Waals surface area contributed by atoms with Gasteiger partial charge in [-0.2, -0.15) is 5.26 Å². The lowest BCUT2D eigenvalue weighted by Crippen LogP contribution is -2.41. The van der Waals surface area contributed by atoms with Gasteiger partial charge in [-0.05, 0) is 37.1 Å². The van der Waals surface area contributed by atoms with Gasteiger partial charge in [0.1, 0.15) is 17.6 Å². The van der Waals surface area contributed by atoms with Crippen LogP contribution in [-0.4, -0.2) is 38.1 Å². The number of anilines is 2. The molecule has 3 rings (SSSR count). The molecule has 0 spiro atoms. The van der Waals surface area contributed by atoms with Gasteiger partial charge in [0.05, 0.1) is 18.4 Å². The number of nitriles is 1. The highest BCUT2D eigenvalue weighted by molar-refractivity contribution is 5.96. The Morgan fingerprint density at radius 3 is 2.62 bits per heavy atom. The SMILES string of the molecule is COc1ccccc1N(C)C(=O)C1CCN(c2ccc(C#N)cn2)CC1. The average molecular weight is 350 g/mol. The summed E-state index contributed by atoms with van der Waals surface area (Å²) in [4.78, 5) is 21.1. The quantitative estimate of drug-likeness (QED) is 0.848. The van der Waals surface area contributed by atoms with Crippen molar-refractivity contribution < 1.29 is 9.53 Å². The van der Waals surface area contributed by atoms with Crippen LogP contribution in [-0.2, 0) is 4.79 Å². The molecule has 1 saturated heterocycles. The Kier molecular flexibility index (Phi) is 5.37. The van der Waals surface area contributed by atoms with Gasteiger partial charge in [0.2, 0.25) is 5.91 Å². The number of carbonyl (C=O) groups excluding carboxylic acids is 1. The third-order valence-corrected chi connectivity index (χ3v) is 4.82. The summed E-state index contributed by atoms with van der Waals surface area (Å²) >= 11 is 0. The number of benzene rings is 1.